The second-order valence-electron chi connectivity index (χ2n) is 7.94. The molecule has 0 bridgehead atoms. The summed E-state index contributed by atoms with van der Waals surface area (Å²) < 4.78 is 0. The molecule has 3 aliphatic rings. The molecule has 0 amide bonds. The zero-order valence-corrected chi connectivity index (χ0v) is 17.5. The first-order valence-electron chi connectivity index (χ1n) is 9.33. The van der Waals surface area contributed by atoms with E-state index in [1.165, 1.54) is 64.0 Å². The Morgan fingerprint density at radius 1 is 1.26 bits per heavy atom. The summed E-state index contributed by atoms with van der Waals surface area (Å²) in [5, 5.41) is 3.54. The number of halogens is 1. The van der Waals surface area contributed by atoms with Crippen LogP contribution in [0.2, 0.25) is 0 Å². The summed E-state index contributed by atoms with van der Waals surface area (Å²) in [5.74, 6) is 2.04. The predicted molar refractivity (Wildman–Crippen MR) is 109 cm³/mol. The van der Waals surface area contributed by atoms with Crippen molar-refractivity contribution in [2.24, 2.45) is 16.3 Å². The summed E-state index contributed by atoms with van der Waals surface area (Å²) in [5.41, 5.74) is 0.619. The van der Waals surface area contributed by atoms with Crippen molar-refractivity contribution in [2.45, 2.75) is 57.9 Å². The van der Waals surface area contributed by atoms with Crippen LogP contribution >= 0.6 is 24.0 Å². The van der Waals surface area contributed by atoms with Crippen LogP contribution in [0.1, 0.15) is 51.9 Å². The average molecular weight is 434 g/mol. The number of rotatable bonds is 5. The highest BCUT2D eigenvalue weighted by molar-refractivity contribution is 14.0. The molecule has 1 N–H and O–H groups in total. The minimum Gasteiger partial charge on any atom is -0.357 e. The first kappa shape index (κ1) is 19.3. The molecule has 1 spiro atoms. The maximum absolute atomic E-state index is 5.02. The molecular weight excluding hydrogens is 399 g/mol. The number of likely N-dealkylation sites (N-methyl/N-ethyl adjacent to an activating group) is 1. The van der Waals surface area contributed by atoms with Crippen LogP contribution in [0, 0.1) is 11.3 Å². The Labute approximate surface area is 159 Å². The molecule has 23 heavy (non-hydrogen) atoms. The van der Waals surface area contributed by atoms with Crippen molar-refractivity contribution >= 4 is 29.9 Å². The van der Waals surface area contributed by atoms with Crippen LogP contribution in [-0.4, -0.2) is 62.1 Å². The molecular formula is C18H35IN4. The lowest BCUT2D eigenvalue weighted by Crippen LogP contribution is -2.42. The molecule has 2 saturated carbocycles. The third-order valence-electron chi connectivity index (χ3n) is 5.99. The van der Waals surface area contributed by atoms with Gasteiger partial charge >= 0.3 is 0 Å². The number of hydrogen-bond donors (Lipinski definition) is 1. The fourth-order valence-electron chi connectivity index (χ4n) is 4.47. The number of guanidine groups is 1. The number of nitrogens with zero attached hydrogens (tertiary/aromatic N) is 3. The van der Waals surface area contributed by atoms with E-state index in [1.807, 2.05) is 0 Å². The molecule has 0 radical (unpaired) electrons. The van der Waals surface area contributed by atoms with E-state index >= 15 is 0 Å². The molecule has 1 aliphatic heterocycles. The molecule has 0 aromatic rings. The Balaban J connectivity index is 0.00000192. The molecule has 1 unspecified atom stereocenters. The van der Waals surface area contributed by atoms with Gasteiger partial charge in [0.15, 0.2) is 5.96 Å². The van der Waals surface area contributed by atoms with E-state index in [1.54, 1.807) is 0 Å². The second-order valence-corrected chi connectivity index (χ2v) is 7.94. The van der Waals surface area contributed by atoms with Gasteiger partial charge < -0.3 is 15.1 Å². The Morgan fingerprint density at radius 3 is 2.52 bits per heavy atom. The summed E-state index contributed by atoms with van der Waals surface area (Å²) in [7, 11) is 4.41. The van der Waals surface area contributed by atoms with E-state index < -0.39 is 0 Å². The highest BCUT2D eigenvalue weighted by Crippen LogP contribution is 2.45. The highest BCUT2D eigenvalue weighted by atomic mass is 127. The topological polar surface area (TPSA) is 30.9 Å². The van der Waals surface area contributed by atoms with Crippen LogP contribution in [0.3, 0.4) is 0 Å². The Hall–Kier alpha value is -0.0400. The molecule has 3 rings (SSSR count). The van der Waals surface area contributed by atoms with Gasteiger partial charge in [-0.2, -0.15) is 0 Å². The van der Waals surface area contributed by atoms with Crippen molar-refractivity contribution in [2.75, 3.05) is 40.3 Å². The quantitative estimate of drug-likeness (QED) is 0.410. The van der Waals surface area contributed by atoms with E-state index in [-0.39, 0.29) is 24.0 Å². The zero-order chi connectivity index (χ0) is 15.6. The van der Waals surface area contributed by atoms with Gasteiger partial charge in [0, 0.05) is 25.7 Å². The standard InChI is InChI=1S/C18H34N4.HI/c1-4-19-17(20-13-16(21(2)3)15-7-8-15)22-12-11-18(14-22)9-5-6-10-18;/h15-16H,4-14H2,1-3H3,(H,19,20);1H. The van der Waals surface area contributed by atoms with Gasteiger partial charge in [-0.15, -0.1) is 24.0 Å². The van der Waals surface area contributed by atoms with Crippen molar-refractivity contribution in [3.05, 3.63) is 0 Å². The van der Waals surface area contributed by atoms with Crippen LogP contribution in [0.15, 0.2) is 4.99 Å². The molecule has 1 saturated heterocycles. The maximum Gasteiger partial charge on any atom is 0.193 e. The lowest BCUT2D eigenvalue weighted by atomic mass is 9.86. The lowest BCUT2D eigenvalue weighted by molar-refractivity contribution is 0.269. The van der Waals surface area contributed by atoms with Crippen LogP contribution in [0.5, 0.6) is 0 Å². The molecule has 3 fully saturated rings. The summed E-state index contributed by atoms with van der Waals surface area (Å²) in [6.45, 7) is 6.53. The number of hydrogen-bond acceptors (Lipinski definition) is 2. The molecule has 0 aromatic heterocycles. The number of aliphatic imine (C=N–C) groups is 1. The average Bonchev–Trinajstić information content (AvgIpc) is 3.08. The lowest BCUT2D eigenvalue weighted by Gasteiger charge is -2.27. The van der Waals surface area contributed by atoms with E-state index in [9.17, 15) is 0 Å². The third kappa shape index (κ3) is 4.74. The fraction of sp³-hybridized carbons (Fsp3) is 0.944. The van der Waals surface area contributed by atoms with Gasteiger partial charge in [-0.1, -0.05) is 12.8 Å². The third-order valence-corrected chi connectivity index (χ3v) is 5.99. The summed E-state index contributed by atoms with van der Waals surface area (Å²) in [6.07, 6.45) is 9.90. The second kappa shape index (κ2) is 8.37. The first-order valence-corrected chi connectivity index (χ1v) is 9.33. The SMILES string of the molecule is CCNC(=NCC(C1CC1)N(C)C)N1CCC2(CCCC2)C1.I. The van der Waals surface area contributed by atoms with Gasteiger partial charge in [-0.05, 0) is 64.5 Å². The predicted octanol–water partition coefficient (Wildman–Crippen LogP) is 3.18. The van der Waals surface area contributed by atoms with Crippen LogP contribution in [0.25, 0.3) is 0 Å². The van der Waals surface area contributed by atoms with Gasteiger partial charge in [0.1, 0.15) is 0 Å². The van der Waals surface area contributed by atoms with Crippen LogP contribution in [0.4, 0.5) is 0 Å². The minimum absolute atomic E-state index is 0. The van der Waals surface area contributed by atoms with Crippen molar-refractivity contribution < 1.29 is 0 Å². The Bertz CT molecular complexity index is 398. The van der Waals surface area contributed by atoms with Crippen LogP contribution in [-0.2, 0) is 0 Å². The molecule has 0 aromatic carbocycles. The minimum atomic E-state index is 0. The van der Waals surface area contributed by atoms with E-state index in [2.05, 4.69) is 36.1 Å². The fourth-order valence-corrected chi connectivity index (χ4v) is 4.47. The Morgan fingerprint density at radius 2 is 1.96 bits per heavy atom. The van der Waals surface area contributed by atoms with Crippen molar-refractivity contribution in [1.29, 1.82) is 0 Å². The largest absolute Gasteiger partial charge is 0.357 e. The van der Waals surface area contributed by atoms with Gasteiger partial charge in [0.25, 0.3) is 0 Å². The summed E-state index contributed by atoms with van der Waals surface area (Å²) in [4.78, 5) is 9.93. The van der Waals surface area contributed by atoms with Gasteiger partial charge in [-0.3, -0.25) is 4.99 Å². The molecule has 134 valence electrons. The van der Waals surface area contributed by atoms with E-state index in [0.29, 0.717) is 11.5 Å². The zero-order valence-electron chi connectivity index (χ0n) is 15.2. The smallest absolute Gasteiger partial charge is 0.193 e. The van der Waals surface area contributed by atoms with E-state index in [4.69, 9.17) is 4.99 Å². The summed E-state index contributed by atoms with van der Waals surface area (Å²) >= 11 is 0. The Kier molecular flexibility index (Phi) is 7.01. The van der Waals surface area contributed by atoms with Crippen LogP contribution < -0.4 is 5.32 Å². The van der Waals surface area contributed by atoms with Crippen molar-refractivity contribution in [1.82, 2.24) is 15.1 Å². The molecule has 1 atom stereocenters. The molecule has 5 heteroatoms. The van der Waals surface area contributed by atoms with Gasteiger partial charge in [-0.25, -0.2) is 0 Å². The monoisotopic (exact) mass is 434 g/mol. The number of likely N-dealkylation sites (tertiary alicyclic amines) is 1. The summed E-state index contributed by atoms with van der Waals surface area (Å²) in [6, 6.07) is 0.622. The van der Waals surface area contributed by atoms with Crippen molar-refractivity contribution in [3.63, 3.8) is 0 Å². The van der Waals surface area contributed by atoms with E-state index in [0.717, 1.165) is 19.0 Å². The molecule has 2 aliphatic carbocycles. The normalized spacial score (nSPS) is 25.0. The molecule has 4 nitrogen and oxygen atoms in total. The van der Waals surface area contributed by atoms with Gasteiger partial charge in [0.2, 0.25) is 0 Å². The maximum atomic E-state index is 5.02. The first-order chi connectivity index (χ1) is 10.6. The molecule has 1 heterocycles. The van der Waals surface area contributed by atoms with Gasteiger partial charge in [0.05, 0.1) is 6.54 Å². The number of nitrogens with one attached hydrogen (secondary N) is 1. The highest BCUT2D eigenvalue weighted by Gasteiger charge is 2.41. The van der Waals surface area contributed by atoms with Crippen molar-refractivity contribution in [3.8, 4) is 0 Å².